The van der Waals surface area contributed by atoms with Crippen LogP contribution in [-0.4, -0.2) is 19.6 Å². The van der Waals surface area contributed by atoms with Gasteiger partial charge >= 0.3 is 5.97 Å². The Morgan fingerprint density at radius 3 is 2.89 bits per heavy atom. The van der Waals surface area contributed by atoms with Gasteiger partial charge in [-0.3, -0.25) is 0 Å². The quantitative estimate of drug-likeness (QED) is 0.372. The number of hydrogen-bond donors (Lipinski definition) is 1. The summed E-state index contributed by atoms with van der Waals surface area (Å²) in [5.74, 6) is -0.365. The van der Waals surface area contributed by atoms with Crippen LogP contribution in [0.3, 0.4) is 0 Å². The van der Waals surface area contributed by atoms with Crippen molar-refractivity contribution in [2.24, 2.45) is 0 Å². The van der Waals surface area contributed by atoms with Gasteiger partial charge in [0.2, 0.25) is 0 Å². The number of benzene rings is 1. The number of allylic oxidation sites excluding steroid dienone is 2. The van der Waals surface area contributed by atoms with Crippen molar-refractivity contribution in [1.29, 1.82) is 0 Å². The molecule has 1 rings (SSSR count). The van der Waals surface area contributed by atoms with Crippen LogP contribution >= 0.6 is 11.6 Å². The predicted octanol–water partition coefficient (Wildman–Crippen LogP) is 2.72. The third kappa shape index (κ3) is 5.55. The first kappa shape index (κ1) is 14.3. The number of rotatable bonds is 6. The smallest absolute Gasteiger partial charge is 0.330 e. The van der Waals surface area contributed by atoms with Crippen molar-refractivity contribution in [1.82, 2.24) is 5.32 Å². The van der Waals surface area contributed by atoms with E-state index in [-0.39, 0.29) is 5.97 Å². The molecular formula is C14H16ClNO2. The van der Waals surface area contributed by atoms with Crippen molar-refractivity contribution in [3.05, 3.63) is 59.3 Å². The van der Waals surface area contributed by atoms with Gasteiger partial charge in [-0.1, -0.05) is 35.9 Å². The number of esters is 1. The van der Waals surface area contributed by atoms with Crippen LogP contribution in [0, 0.1) is 0 Å². The standard InChI is InChI=1S/C14H16ClNO2/c1-18-14(17)8-4-5-10-16-11-9-12-6-2-3-7-13(12)15/h2-8,10,16H,9,11H2,1H3/b8-4+,10-5+. The molecule has 0 aliphatic heterocycles. The maximum atomic E-state index is 10.7. The van der Waals surface area contributed by atoms with E-state index in [1.807, 2.05) is 24.3 Å². The minimum Gasteiger partial charge on any atom is -0.466 e. The third-order valence-electron chi connectivity index (χ3n) is 2.26. The zero-order valence-corrected chi connectivity index (χ0v) is 11.0. The number of hydrogen-bond acceptors (Lipinski definition) is 3. The zero-order chi connectivity index (χ0) is 13.2. The molecule has 0 atom stereocenters. The molecule has 0 saturated carbocycles. The van der Waals surface area contributed by atoms with Gasteiger partial charge in [0, 0.05) is 17.6 Å². The van der Waals surface area contributed by atoms with E-state index in [1.165, 1.54) is 13.2 Å². The number of methoxy groups -OCH3 is 1. The van der Waals surface area contributed by atoms with Gasteiger partial charge in [0.05, 0.1) is 7.11 Å². The van der Waals surface area contributed by atoms with E-state index in [9.17, 15) is 4.79 Å². The Bertz CT molecular complexity index is 441. The number of halogens is 1. The molecule has 3 nitrogen and oxygen atoms in total. The van der Waals surface area contributed by atoms with E-state index >= 15 is 0 Å². The molecule has 0 saturated heterocycles. The van der Waals surface area contributed by atoms with Gasteiger partial charge < -0.3 is 10.1 Å². The predicted molar refractivity (Wildman–Crippen MR) is 73.5 cm³/mol. The monoisotopic (exact) mass is 265 g/mol. The topological polar surface area (TPSA) is 38.3 Å². The summed E-state index contributed by atoms with van der Waals surface area (Å²) in [5, 5.41) is 3.90. The molecule has 0 amide bonds. The number of carbonyl (C=O) groups excluding carboxylic acids is 1. The maximum Gasteiger partial charge on any atom is 0.330 e. The molecule has 0 aliphatic carbocycles. The number of ether oxygens (including phenoxy) is 1. The molecule has 0 radical (unpaired) electrons. The highest BCUT2D eigenvalue weighted by Crippen LogP contribution is 2.14. The van der Waals surface area contributed by atoms with Gasteiger partial charge in [-0.2, -0.15) is 0 Å². The Hall–Kier alpha value is -1.74. The first-order chi connectivity index (χ1) is 8.74. The van der Waals surface area contributed by atoms with Crippen LogP contribution in [0.1, 0.15) is 5.56 Å². The molecule has 4 heteroatoms. The minimum absolute atomic E-state index is 0.365. The summed E-state index contributed by atoms with van der Waals surface area (Å²) in [4.78, 5) is 10.7. The van der Waals surface area contributed by atoms with E-state index in [2.05, 4.69) is 10.1 Å². The second-order valence-corrected chi connectivity index (χ2v) is 3.94. The molecule has 1 N–H and O–H groups in total. The highest BCUT2D eigenvalue weighted by molar-refractivity contribution is 6.31. The molecule has 0 aliphatic rings. The first-order valence-electron chi connectivity index (χ1n) is 5.62. The average Bonchev–Trinajstić information content (AvgIpc) is 2.39. The molecular weight excluding hydrogens is 250 g/mol. The molecule has 0 heterocycles. The van der Waals surface area contributed by atoms with Crippen LogP contribution in [0.2, 0.25) is 5.02 Å². The fourth-order valence-electron chi connectivity index (χ4n) is 1.32. The van der Waals surface area contributed by atoms with Gasteiger partial charge in [-0.05, 0) is 30.3 Å². The second kappa shape index (κ2) is 8.37. The highest BCUT2D eigenvalue weighted by Gasteiger charge is 1.96. The molecule has 0 unspecified atom stereocenters. The lowest BCUT2D eigenvalue weighted by Gasteiger charge is -2.03. The Balaban J connectivity index is 2.23. The molecule has 0 fully saturated rings. The highest BCUT2D eigenvalue weighted by atomic mass is 35.5. The van der Waals surface area contributed by atoms with Gasteiger partial charge in [0.1, 0.15) is 0 Å². The van der Waals surface area contributed by atoms with Gasteiger partial charge in [0.25, 0.3) is 0 Å². The van der Waals surface area contributed by atoms with Gasteiger partial charge in [-0.15, -0.1) is 0 Å². The van der Waals surface area contributed by atoms with E-state index < -0.39 is 0 Å². The maximum absolute atomic E-state index is 10.7. The van der Waals surface area contributed by atoms with Crippen molar-refractivity contribution in [3.63, 3.8) is 0 Å². The molecule has 0 bridgehead atoms. The van der Waals surface area contributed by atoms with E-state index in [1.54, 1.807) is 18.4 Å². The lowest BCUT2D eigenvalue weighted by Crippen LogP contribution is -2.09. The summed E-state index contributed by atoms with van der Waals surface area (Å²) >= 11 is 6.03. The number of nitrogens with one attached hydrogen (secondary N) is 1. The van der Waals surface area contributed by atoms with Gasteiger partial charge in [0.15, 0.2) is 0 Å². The van der Waals surface area contributed by atoms with E-state index in [0.29, 0.717) is 0 Å². The van der Waals surface area contributed by atoms with Crippen LogP contribution in [0.15, 0.2) is 48.7 Å². The third-order valence-corrected chi connectivity index (χ3v) is 2.62. The molecule has 0 spiro atoms. The van der Waals surface area contributed by atoms with Crippen molar-refractivity contribution in [2.75, 3.05) is 13.7 Å². The molecule has 0 aromatic heterocycles. The Morgan fingerprint density at radius 2 is 2.17 bits per heavy atom. The fourth-order valence-corrected chi connectivity index (χ4v) is 1.55. The average molecular weight is 266 g/mol. The van der Waals surface area contributed by atoms with Crippen LogP contribution in [0.25, 0.3) is 0 Å². The summed E-state index contributed by atoms with van der Waals surface area (Å²) in [6.07, 6.45) is 7.34. The summed E-state index contributed by atoms with van der Waals surface area (Å²) < 4.78 is 4.45. The van der Waals surface area contributed by atoms with E-state index in [4.69, 9.17) is 11.6 Å². The summed E-state index contributed by atoms with van der Waals surface area (Å²) in [5.41, 5.74) is 1.12. The van der Waals surface area contributed by atoms with Gasteiger partial charge in [-0.25, -0.2) is 4.79 Å². The number of carbonyl (C=O) groups is 1. The Morgan fingerprint density at radius 1 is 1.39 bits per heavy atom. The lowest BCUT2D eigenvalue weighted by molar-refractivity contribution is -0.134. The van der Waals surface area contributed by atoms with Crippen molar-refractivity contribution in [2.45, 2.75) is 6.42 Å². The lowest BCUT2D eigenvalue weighted by atomic mass is 10.1. The largest absolute Gasteiger partial charge is 0.466 e. The van der Waals surface area contributed by atoms with Crippen LogP contribution in [0.5, 0.6) is 0 Å². The molecule has 96 valence electrons. The zero-order valence-electron chi connectivity index (χ0n) is 10.2. The fraction of sp³-hybridized carbons (Fsp3) is 0.214. The molecule has 1 aromatic carbocycles. The van der Waals surface area contributed by atoms with Crippen LogP contribution in [0.4, 0.5) is 0 Å². The van der Waals surface area contributed by atoms with Crippen molar-refractivity contribution >= 4 is 17.6 Å². The Labute approximate surface area is 112 Å². The molecule has 1 aromatic rings. The van der Waals surface area contributed by atoms with Crippen LogP contribution in [-0.2, 0) is 16.0 Å². The second-order valence-electron chi connectivity index (χ2n) is 3.54. The summed E-state index contributed by atoms with van der Waals surface area (Å²) in [6, 6.07) is 7.77. The van der Waals surface area contributed by atoms with E-state index in [0.717, 1.165) is 23.6 Å². The van der Waals surface area contributed by atoms with Crippen LogP contribution < -0.4 is 5.32 Å². The Kier molecular flexibility index (Phi) is 6.66. The normalized spacial score (nSPS) is 11.0. The SMILES string of the molecule is COC(=O)/C=C/C=C/NCCc1ccccc1Cl. The van der Waals surface area contributed by atoms with Crippen molar-refractivity contribution < 1.29 is 9.53 Å². The molecule has 18 heavy (non-hydrogen) atoms. The summed E-state index contributed by atoms with van der Waals surface area (Å²) in [7, 11) is 1.35. The first-order valence-corrected chi connectivity index (χ1v) is 6.00. The minimum atomic E-state index is -0.365. The van der Waals surface area contributed by atoms with Crippen molar-refractivity contribution in [3.8, 4) is 0 Å². The summed E-state index contributed by atoms with van der Waals surface area (Å²) in [6.45, 7) is 0.784.